The molecule has 0 bridgehead atoms. The van der Waals surface area contributed by atoms with Crippen LogP contribution in [0.2, 0.25) is 0 Å². The van der Waals surface area contributed by atoms with Crippen LogP contribution >= 0.6 is 0 Å². The fourth-order valence-corrected chi connectivity index (χ4v) is 3.80. The number of ether oxygens (including phenoxy) is 2. The Morgan fingerprint density at radius 1 is 0.972 bits per heavy atom. The molecule has 1 amide bonds. The molecule has 10 heteroatoms. The fourth-order valence-electron chi connectivity index (χ4n) is 3.80. The third-order valence-corrected chi connectivity index (χ3v) is 5.46. The molecule has 0 atom stereocenters. The maximum atomic E-state index is 12.8. The minimum Gasteiger partial charge on any atom is -0.493 e. The zero-order valence-electron chi connectivity index (χ0n) is 19.9. The summed E-state index contributed by atoms with van der Waals surface area (Å²) >= 11 is 0. The van der Waals surface area contributed by atoms with E-state index in [1.165, 1.54) is 12.4 Å². The van der Waals surface area contributed by atoms with E-state index < -0.39 is 0 Å². The first-order valence-electron chi connectivity index (χ1n) is 11.1. The number of rotatable bonds is 7. The number of hydrogen-bond acceptors (Lipinski definition) is 7. The van der Waals surface area contributed by atoms with Crippen molar-refractivity contribution in [3.05, 3.63) is 84.5 Å². The second-order valence-corrected chi connectivity index (χ2v) is 7.85. The van der Waals surface area contributed by atoms with Crippen LogP contribution in [0, 0.1) is 6.92 Å². The lowest BCUT2D eigenvalue weighted by Gasteiger charge is -2.08. The van der Waals surface area contributed by atoms with E-state index in [-0.39, 0.29) is 5.91 Å². The maximum absolute atomic E-state index is 12.8. The van der Waals surface area contributed by atoms with Crippen LogP contribution in [0.15, 0.2) is 73.2 Å². The van der Waals surface area contributed by atoms with Gasteiger partial charge in [-0.15, -0.1) is 0 Å². The minimum absolute atomic E-state index is 0.323. The maximum Gasteiger partial charge on any atom is 0.249 e. The second-order valence-electron chi connectivity index (χ2n) is 7.85. The molecule has 0 spiro atoms. The number of fused-ring (bicyclic) bond motifs is 1. The molecule has 180 valence electrons. The molecule has 0 aliphatic carbocycles. The molecule has 2 aromatic carbocycles. The lowest BCUT2D eigenvalue weighted by molar-refractivity contribution is -0.111. The molecule has 0 radical (unpaired) electrons. The van der Waals surface area contributed by atoms with Gasteiger partial charge in [0.1, 0.15) is 12.1 Å². The van der Waals surface area contributed by atoms with E-state index in [1.54, 1.807) is 54.1 Å². The number of methoxy groups -OCH3 is 2. The Morgan fingerprint density at radius 2 is 1.78 bits per heavy atom. The van der Waals surface area contributed by atoms with Crippen LogP contribution in [0.1, 0.15) is 11.3 Å². The van der Waals surface area contributed by atoms with Gasteiger partial charge in [-0.05, 0) is 42.8 Å². The Morgan fingerprint density at radius 3 is 2.56 bits per heavy atom. The third kappa shape index (κ3) is 4.39. The van der Waals surface area contributed by atoms with Crippen molar-refractivity contribution in [2.45, 2.75) is 6.92 Å². The second kappa shape index (κ2) is 9.71. The smallest absolute Gasteiger partial charge is 0.249 e. The monoisotopic (exact) mass is 481 g/mol. The molecule has 5 rings (SSSR count). The van der Waals surface area contributed by atoms with Gasteiger partial charge < -0.3 is 14.8 Å². The van der Waals surface area contributed by atoms with Crippen molar-refractivity contribution < 1.29 is 14.3 Å². The first-order valence-corrected chi connectivity index (χ1v) is 11.1. The van der Waals surface area contributed by atoms with Crippen molar-refractivity contribution >= 4 is 28.8 Å². The van der Waals surface area contributed by atoms with E-state index in [1.807, 2.05) is 43.3 Å². The van der Waals surface area contributed by atoms with Crippen LogP contribution in [-0.2, 0) is 4.79 Å². The molecule has 0 aliphatic rings. The molecule has 3 aromatic heterocycles. The van der Waals surface area contributed by atoms with Gasteiger partial charge in [-0.3, -0.25) is 4.79 Å². The number of amides is 1. The zero-order valence-corrected chi connectivity index (χ0v) is 19.9. The number of nitrogens with zero attached hydrogens (tertiary/aromatic N) is 6. The molecule has 0 fully saturated rings. The minimum atomic E-state index is -0.323. The number of carbonyl (C=O) groups is 1. The predicted octanol–water partition coefficient (Wildman–Crippen LogP) is 3.98. The highest BCUT2D eigenvalue weighted by atomic mass is 16.5. The number of aromatic nitrogens is 6. The van der Waals surface area contributed by atoms with Crippen LogP contribution < -0.4 is 14.8 Å². The largest absolute Gasteiger partial charge is 0.493 e. The number of nitrogens with one attached hydrogen (secondary N) is 1. The van der Waals surface area contributed by atoms with Crippen molar-refractivity contribution in [3.63, 3.8) is 0 Å². The van der Waals surface area contributed by atoms with E-state index in [0.717, 1.165) is 16.9 Å². The number of aryl methyl sites for hydroxylation is 1. The normalized spacial score (nSPS) is 11.2. The van der Waals surface area contributed by atoms with Gasteiger partial charge in [0.15, 0.2) is 23.0 Å². The van der Waals surface area contributed by atoms with Gasteiger partial charge in [-0.25, -0.2) is 14.6 Å². The highest BCUT2D eigenvalue weighted by molar-refractivity contribution is 6.01. The van der Waals surface area contributed by atoms with E-state index in [0.29, 0.717) is 34.2 Å². The highest BCUT2D eigenvalue weighted by Gasteiger charge is 2.17. The summed E-state index contributed by atoms with van der Waals surface area (Å²) in [7, 11) is 3.14. The van der Waals surface area contributed by atoms with Crippen LogP contribution in [0.5, 0.6) is 11.5 Å². The number of hydrogen-bond donors (Lipinski definition) is 1. The number of carbonyl (C=O) groups excluding carboxylic acids is 1. The number of anilines is 1. The van der Waals surface area contributed by atoms with Crippen molar-refractivity contribution in [1.82, 2.24) is 29.5 Å². The predicted molar refractivity (Wildman–Crippen MR) is 136 cm³/mol. The summed E-state index contributed by atoms with van der Waals surface area (Å²) in [5, 5.41) is 12.6. The molecule has 3 heterocycles. The van der Waals surface area contributed by atoms with Gasteiger partial charge in [0.05, 0.1) is 37.2 Å². The Kier molecular flexibility index (Phi) is 6.14. The standard InChI is InChI=1S/C26H23N7O3/c1-17-13-23(30-24(34)12-10-18-9-11-21(35-2)22(14-18)36-3)33(31-17)26-20-15-29-32(25(20)27-16-28-26)19-7-5-4-6-8-19/h4-16H,1-3H3,(H,30,34)/b12-10+. The molecule has 0 saturated heterocycles. The topological polar surface area (TPSA) is 109 Å². The van der Waals surface area contributed by atoms with Gasteiger partial charge in [0.2, 0.25) is 5.91 Å². The van der Waals surface area contributed by atoms with E-state index in [4.69, 9.17) is 9.47 Å². The van der Waals surface area contributed by atoms with Crippen LogP contribution in [-0.4, -0.2) is 49.7 Å². The first-order chi connectivity index (χ1) is 17.6. The Bertz CT molecular complexity index is 1570. The Balaban J connectivity index is 1.43. The van der Waals surface area contributed by atoms with Crippen molar-refractivity contribution in [2.75, 3.05) is 19.5 Å². The molecular formula is C26H23N7O3. The molecule has 0 saturated carbocycles. The van der Waals surface area contributed by atoms with Crippen molar-refractivity contribution in [2.24, 2.45) is 0 Å². The summed E-state index contributed by atoms with van der Waals surface area (Å²) in [6.07, 6.45) is 6.28. The summed E-state index contributed by atoms with van der Waals surface area (Å²) in [5.74, 6) is 1.86. The summed E-state index contributed by atoms with van der Waals surface area (Å²) in [4.78, 5) is 21.6. The van der Waals surface area contributed by atoms with Crippen LogP contribution in [0.3, 0.4) is 0 Å². The molecule has 1 N–H and O–H groups in total. The van der Waals surface area contributed by atoms with Gasteiger partial charge >= 0.3 is 0 Å². The Labute approximate surface area is 206 Å². The number of para-hydroxylation sites is 1. The van der Waals surface area contributed by atoms with Crippen LogP contribution in [0.4, 0.5) is 5.82 Å². The Hall–Kier alpha value is -4.99. The average Bonchev–Trinajstić information content (AvgIpc) is 3.50. The van der Waals surface area contributed by atoms with Crippen molar-refractivity contribution in [1.29, 1.82) is 0 Å². The highest BCUT2D eigenvalue weighted by Crippen LogP contribution is 2.28. The lowest BCUT2D eigenvalue weighted by Crippen LogP contribution is -2.13. The molecule has 10 nitrogen and oxygen atoms in total. The quantitative estimate of drug-likeness (QED) is 0.350. The summed E-state index contributed by atoms with van der Waals surface area (Å²) < 4.78 is 13.9. The summed E-state index contributed by atoms with van der Waals surface area (Å²) in [6, 6.07) is 16.9. The molecular weight excluding hydrogens is 458 g/mol. The van der Waals surface area contributed by atoms with E-state index in [2.05, 4.69) is 25.5 Å². The molecule has 5 aromatic rings. The lowest BCUT2D eigenvalue weighted by atomic mass is 10.2. The SMILES string of the molecule is COc1ccc(/C=C/C(=O)Nc2cc(C)nn2-c2ncnc3c2cnn3-c2ccccc2)cc1OC. The molecule has 36 heavy (non-hydrogen) atoms. The first kappa shape index (κ1) is 22.8. The third-order valence-electron chi connectivity index (χ3n) is 5.46. The van der Waals surface area contributed by atoms with E-state index in [9.17, 15) is 4.79 Å². The van der Waals surface area contributed by atoms with Crippen molar-refractivity contribution in [3.8, 4) is 23.0 Å². The van der Waals surface area contributed by atoms with Gasteiger partial charge in [0, 0.05) is 12.1 Å². The molecule has 0 aliphatic heterocycles. The van der Waals surface area contributed by atoms with Gasteiger partial charge in [-0.1, -0.05) is 24.3 Å². The zero-order chi connectivity index (χ0) is 25.1. The summed E-state index contributed by atoms with van der Waals surface area (Å²) in [6.45, 7) is 1.84. The summed E-state index contributed by atoms with van der Waals surface area (Å²) in [5.41, 5.74) is 3.02. The number of benzene rings is 2. The van der Waals surface area contributed by atoms with Crippen LogP contribution in [0.25, 0.3) is 28.6 Å². The average molecular weight is 482 g/mol. The van der Waals surface area contributed by atoms with Gasteiger partial charge in [-0.2, -0.15) is 14.9 Å². The fraction of sp³-hybridized carbons (Fsp3) is 0.115. The van der Waals surface area contributed by atoms with Gasteiger partial charge in [0.25, 0.3) is 0 Å². The van der Waals surface area contributed by atoms with E-state index >= 15 is 0 Å². The molecule has 0 unspecified atom stereocenters.